The van der Waals surface area contributed by atoms with Crippen LogP contribution in [0.15, 0.2) is 35.5 Å². The Morgan fingerprint density at radius 1 is 0.811 bits per heavy atom. The Labute approximate surface area is 314 Å². The van der Waals surface area contributed by atoms with Crippen LogP contribution in [0.2, 0.25) is 0 Å². The Balaban J connectivity index is 0.794. The van der Waals surface area contributed by atoms with E-state index in [-0.39, 0.29) is 83.7 Å². The molecule has 0 radical (unpaired) electrons. The molecule has 8 heteroatoms. The van der Waals surface area contributed by atoms with Crippen molar-refractivity contribution < 1.29 is 38.2 Å². The van der Waals surface area contributed by atoms with E-state index in [1.54, 1.807) is 12.2 Å². The standard InChI is InChI=1S/C45H58O8/c1-25-20-27-22-29(47)16-18-43(27,2)35-12-10-30-31(41(25)35)11-15-38(30)53-40(51)7-5-6-39(50)52-24-37(49)34-14-13-33-32-9-8-26-21-28(46)17-19-44(26,3)42(32)36(48)23-45(33,34)4/h17,19,21-22,25,30-35,38,41-42H,5-16,18,20,23-24H2,1-4H3/t25-,30?,31?,32?,33?,34-,35?,38+,41?,42?,43+,44+,45+/m1/s1. The van der Waals surface area contributed by atoms with Crippen LogP contribution < -0.4 is 0 Å². The highest BCUT2D eigenvalue weighted by atomic mass is 16.5. The molecule has 0 spiro atoms. The quantitative estimate of drug-likeness (QED) is 0.234. The zero-order chi connectivity index (χ0) is 37.4. The maximum Gasteiger partial charge on any atom is 0.306 e. The number of hydrogen-bond donors (Lipinski definition) is 0. The normalized spacial score (nSPS) is 44.0. The molecular weight excluding hydrogens is 668 g/mol. The fourth-order valence-corrected chi connectivity index (χ4v) is 14.2. The van der Waals surface area contributed by atoms with Crippen LogP contribution >= 0.6 is 0 Å². The molecule has 53 heavy (non-hydrogen) atoms. The Hall–Kier alpha value is -3.16. The molecular formula is C45H58O8. The number of hydrogen-bond acceptors (Lipinski definition) is 8. The number of Topliss-reactive ketones (excluding diaryl/α,β-unsaturated/α-hetero) is 2. The molecule has 286 valence electrons. The zero-order valence-corrected chi connectivity index (χ0v) is 32.2. The summed E-state index contributed by atoms with van der Waals surface area (Å²) in [5.74, 6) is 2.13. The molecule has 8 nitrogen and oxygen atoms in total. The number of allylic oxidation sites excluding steroid dienone is 5. The molecule has 8 aliphatic carbocycles. The largest absolute Gasteiger partial charge is 0.462 e. The summed E-state index contributed by atoms with van der Waals surface area (Å²) < 4.78 is 11.6. The lowest BCUT2D eigenvalue weighted by Gasteiger charge is -2.57. The van der Waals surface area contributed by atoms with Crippen molar-refractivity contribution in [1.29, 1.82) is 0 Å². The highest BCUT2D eigenvalue weighted by Gasteiger charge is 2.63. The van der Waals surface area contributed by atoms with Gasteiger partial charge in [-0.15, -0.1) is 0 Å². The lowest BCUT2D eigenvalue weighted by molar-refractivity contribution is -0.155. The minimum atomic E-state index is -0.486. The van der Waals surface area contributed by atoms with Crippen molar-refractivity contribution in [3.8, 4) is 0 Å². The first-order chi connectivity index (χ1) is 25.2. The number of esters is 2. The van der Waals surface area contributed by atoms with E-state index in [1.807, 2.05) is 12.2 Å². The first kappa shape index (κ1) is 36.8. The molecule has 8 aliphatic rings. The average Bonchev–Trinajstić information content (AvgIpc) is 3.68. The summed E-state index contributed by atoms with van der Waals surface area (Å²) in [6, 6.07) is 0. The lowest BCUT2D eigenvalue weighted by atomic mass is 9.47. The van der Waals surface area contributed by atoms with Crippen LogP contribution in [-0.2, 0) is 38.2 Å². The summed E-state index contributed by atoms with van der Waals surface area (Å²) in [7, 11) is 0. The smallest absolute Gasteiger partial charge is 0.306 e. The van der Waals surface area contributed by atoms with E-state index in [9.17, 15) is 28.8 Å². The average molecular weight is 727 g/mol. The van der Waals surface area contributed by atoms with Gasteiger partial charge in [0.15, 0.2) is 17.3 Å². The van der Waals surface area contributed by atoms with Gasteiger partial charge < -0.3 is 9.47 Å². The third-order valence-electron chi connectivity index (χ3n) is 16.6. The van der Waals surface area contributed by atoms with Gasteiger partial charge in [0, 0.05) is 42.9 Å². The maximum atomic E-state index is 13.8. The maximum absolute atomic E-state index is 13.8. The fraction of sp³-hybridized carbons (Fsp3) is 0.733. The summed E-state index contributed by atoms with van der Waals surface area (Å²) in [6.45, 7) is 8.63. The number of rotatable bonds is 8. The molecule has 6 fully saturated rings. The number of carbonyl (C=O) groups is 6. The molecule has 0 aromatic carbocycles. The molecule has 0 aromatic heterocycles. The van der Waals surface area contributed by atoms with Crippen molar-refractivity contribution in [2.75, 3.05) is 6.61 Å². The number of ether oxygens (including phenoxy) is 2. The van der Waals surface area contributed by atoms with E-state index in [0.29, 0.717) is 55.3 Å². The van der Waals surface area contributed by atoms with Crippen molar-refractivity contribution >= 4 is 35.1 Å². The van der Waals surface area contributed by atoms with Gasteiger partial charge in [0.1, 0.15) is 18.5 Å². The third-order valence-corrected chi connectivity index (χ3v) is 16.6. The van der Waals surface area contributed by atoms with Gasteiger partial charge in [0.05, 0.1) is 0 Å². The highest BCUT2D eigenvalue weighted by Crippen LogP contribution is 2.66. The van der Waals surface area contributed by atoms with Crippen molar-refractivity contribution in [3.63, 3.8) is 0 Å². The highest BCUT2D eigenvalue weighted by molar-refractivity contribution is 6.02. The van der Waals surface area contributed by atoms with Gasteiger partial charge in [0.2, 0.25) is 0 Å². The Kier molecular flexibility index (Phi) is 9.40. The third kappa shape index (κ3) is 6.07. The van der Waals surface area contributed by atoms with Crippen molar-refractivity contribution in [3.05, 3.63) is 35.5 Å². The molecule has 0 N–H and O–H groups in total. The molecule has 8 rings (SSSR count). The monoisotopic (exact) mass is 726 g/mol. The molecule has 0 aliphatic heterocycles. The minimum absolute atomic E-state index is 0.00888. The van der Waals surface area contributed by atoms with Crippen LogP contribution in [0.5, 0.6) is 0 Å². The van der Waals surface area contributed by atoms with Gasteiger partial charge in [-0.3, -0.25) is 28.8 Å². The van der Waals surface area contributed by atoms with Crippen molar-refractivity contribution in [2.45, 2.75) is 130 Å². The number of carbonyl (C=O) groups excluding carboxylic acids is 6. The van der Waals surface area contributed by atoms with E-state index >= 15 is 0 Å². The van der Waals surface area contributed by atoms with E-state index in [1.165, 1.54) is 5.57 Å². The Morgan fingerprint density at radius 3 is 2.38 bits per heavy atom. The number of fused-ring (bicyclic) bond motifs is 10. The second-order valence-corrected chi connectivity index (χ2v) is 19.2. The van der Waals surface area contributed by atoms with E-state index in [4.69, 9.17) is 9.47 Å². The van der Waals surface area contributed by atoms with Crippen molar-refractivity contribution in [2.24, 2.45) is 69.5 Å². The fourth-order valence-electron chi connectivity index (χ4n) is 14.2. The number of ketones is 4. The predicted molar refractivity (Wildman–Crippen MR) is 197 cm³/mol. The second kappa shape index (κ2) is 13.5. The van der Waals surface area contributed by atoms with Crippen LogP contribution in [-0.4, -0.2) is 47.8 Å². The summed E-state index contributed by atoms with van der Waals surface area (Å²) >= 11 is 0. The predicted octanol–water partition coefficient (Wildman–Crippen LogP) is 7.67. The molecule has 6 saturated carbocycles. The van der Waals surface area contributed by atoms with Gasteiger partial charge in [-0.2, -0.15) is 0 Å². The van der Waals surface area contributed by atoms with Gasteiger partial charge >= 0.3 is 11.9 Å². The molecule has 7 unspecified atom stereocenters. The van der Waals surface area contributed by atoms with E-state index in [0.717, 1.165) is 63.4 Å². The molecule has 0 heterocycles. The summed E-state index contributed by atoms with van der Waals surface area (Å²) in [4.78, 5) is 77.5. The van der Waals surface area contributed by atoms with Gasteiger partial charge in [-0.05, 0) is 141 Å². The molecule has 13 atom stereocenters. The van der Waals surface area contributed by atoms with E-state index < -0.39 is 16.8 Å². The SMILES string of the molecule is C[C@@H]1CC2=CC(=O)CC[C@]2(C)C2CCC3C(CC[C@@H]3OC(=O)CCCC(=O)OCC(=O)[C@H]3CCC4C5CCC6=CC(=O)C=C[C@]6(C)C5C(=O)C[C@@]43C)C21. The molecule has 0 saturated heterocycles. The van der Waals surface area contributed by atoms with Crippen LogP contribution in [0.1, 0.15) is 124 Å². The zero-order valence-electron chi connectivity index (χ0n) is 32.2. The summed E-state index contributed by atoms with van der Waals surface area (Å²) in [5.41, 5.74) is 1.65. The second-order valence-electron chi connectivity index (χ2n) is 19.2. The molecule has 0 bridgehead atoms. The van der Waals surface area contributed by atoms with Gasteiger partial charge in [0.25, 0.3) is 0 Å². The van der Waals surface area contributed by atoms with Gasteiger partial charge in [-0.1, -0.05) is 44.9 Å². The van der Waals surface area contributed by atoms with Crippen LogP contribution in [0, 0.1) is 69.5 Å². The van der Waals surface area contributed by atoms with Gasteiger partial charge in [-0.25, -0.2) is 0 Å². The van der Waals surface area contributed by atoms with Crippen molar-refractivity contribution in [1.82, 2.24) is 0 Å². The first-order valence-corrected chi connectivity index (χ1v) is 20.8. The minimum Gasteiger partial charge on any atom is -0.462 e. The van der Waals surface area contributed by atoms with E-state index in [2.05, 4.69) is 27.7 Å². The topological polar surface area (TPSA) is 121 Å². The summed E-state index contributed by atoms with van der Waals surface area (Å²) in [5, 5.41) is 0. The molecule has 0 aromatic rings. The van der Waals surface area contributed by atoms with Crippen LogP contribution in [0.3, 0.4) is 0 Å². The Morgan fingerprint density at radius 2 is 1.57 bits per heavy atom. The van der Waals surface area contributed by atoms with Crippen LogP contribution in [0.25, 0.3) is 0 Å². The Bertz CT molecular complexity index is 1700. The van der Waals surface area contributed by atoms with Crippen LogP contribution in [0.4, 0.5) is 0 Å². The summed E-state index contributed by atoms with van der Waals surface area (Å²) in [6.07, 6.45) is 18.0. The first-order valence-electron chi connectivity index (χ1n) is 20.8. The molecule has 0 amide bonds. The lowest BCUT2D eigenvalue weighted by Crippen LogP contribution is -2.54.